The number of sulfonamides is 1. The van der Waals surface area contributed by atoms with Gasteiger partial charge < -0.3 is 15.2 Å². The van der Waals surface area contributed by atoms with E-state index in [0.717, 1.165) is 5.56 Å². The van der Waals surface area contributed by atoms with Crippen LogP contribution in [-0.2, 0) is 16.4 Å². The molecular formula is C16H18N2O4S. The quantitative estimate of drug-likeness (QED) is 0.810. The van der Waals surface area contributed by atoms with E-state index in [0.29, 0.717) is 43.4 Å². The standard InChI is InChI=1S/C16H18N2O4S/c17-13-3-1-12(2-4-13)7-8-18-23(19,20)14-5-6-15-16(11-14)22-10-9-21-15/h1-6,11,18H,7-10,17H2. The first-order valence-corrected chi connectivity index (χ1v) is 8.77. The summed E-state index contributed by atoms with van der Waals surface area (Å²) < 4.78 is 38.1. The van der Waals surface area contributed by atoms with Crippen LogP contribution in [0.5, 0.6) is 11.5 Å². The molecule has 2 aromatic rings. The van der Waals surface area contributed by atoms with E-state index in [1.807, 2.05) is 12.1 Å². The van der Waals surface area contributed by atoms with Crippen molar-refractivity contribution in [3.05, 3.63) is 48.0 Å². The largest absolute Gasteiger partial charge is 0.486 e. The Kier molecular flexibility index (Phi) is 4.40. The molecule has 0 radical (unpaired) electrons. The summed E-state index contributed by atoms with van der Waals surface area (Å²) in [6.07, 6.45) is 0.587. The number of rotatable bonds is 5. The van der Waals surface area contributed by atoms with Crippen LogP contribution in [-0.4, -0.2) is 28.2 Å². The van der Waals surface area contributed by atoms with Gasteiger partial charge in [-0.05, 0) is 36.2 Å². The van der Waals surface area contributed by atoms with Crippen molar-refractivity contribution in [3.63, 3.8) is 0 Å². The van der Waals surface area contributed by atoms with Gasteiger partial charge in [-0.3, -0.25) is 0 Å². The molecule has 3 N–H and O–H groups in total. The van der Waals surface area contributed by atoms with Crippen LogP contribution in [0.4, 0.5) is 5.69 Å². The molecule has 0 fully saturated rings. The molecule has 0 saturated heterocycles. The average Bonchev–Trinajstić information content (AvgIpc) is 2.56. The number of benzene rings is 2. The Hall–Kier alpha value is -2.25. The highest BCUT2D eigenvalue weighted by atomic mass is 32.2. The number of nitrogens with one attached hydrogen (secondary N) is 1. The van der Waals surface area contributed by atoms with Gasteiger partial charge in [0.15, 0.2) is 11.5 Å². The number of nitrogens with two attached hydrogens (primary N) is 1. The van der Waals surface area contributed by atoms with E-state index in [1.165, 1.54) is 12.1 Å². The van der Waals surface area contributed by atoms with Crippen molar-refractivity contribution in [1.82, 2.24) is 4.72 Å². The molecule has 1 aliphatic rings. The molecule has 0 bridgehead atoms. The predicted molar refractivity (Wildman–Crippen MR) is 87.2 cm³/mol. The van der Waals surface area contributed by atoms with Gasteiger partial charge in [0.2, 0.25) is 10.0 Å². The molecule has 0 saturated carbocycles. The van der Waals surface area contributed by atoms with Crippen molar-refractivity contribution in [2.75, 3.05) is 25.5 Å². The van der Waals surface area contributed by atoms with Crippen LogP contribution >= 0.6 is 0 Å². The monoisotopic (exact) mass is 334 g/mol. The van der Waals surface area contributed by atoms with E-state index in [-0.39, 0.29) is 4.90 Å². The Balaban J connectivity index is 1.65. The third-order valence-electron chi connectivity index (χ3n) is 3.51. The van der Waals surface area contributed by atoms with Crippen molar-refractivity contribution in [1.29, 1.82) is 0 Å². The van der Waals surface area contributed by atoms with Crippen LogP contribution < -0.4 is 19.9 Å². The van der Waals surface area contributed by atoms with E-state index < -0.39 is 10.0 Å². The molecule has 7 heteroatoms. The van der Waals surface area contributed by atoms with Crippen LogP contribution in [0, 0.1) is 0 Å². The molecule has 122 valence electrons. The SMILES string of the molecule is Nc1ccc(CCNS(=O)(=O)c2ccc3c(c2)OCCO3)cc1. The van der Waals surface area contributed by atoms with Crippen LogP contribution in [0.2, 0.25) is 0 Å². The fourth-order valence-electron chi connectivity index (χ4n) is 2.29. The third kappa shape index (κ3) is 3.75. The number of hydrogen-bond donors (Lipinski definition) is 2. The molecule has 3 rings (SSSR count). The van der Waals surface area contributed by atoms with Crippen molar-refractivity contribution < 1.29 is 17.9 Å². The van der Waals surface area contributed by atoms with Gasteiger partial charge in [0, 0.05) is 18.3 Å². The summed E-state index contributed by atoms with van der Waals surface area (Å²) in [6, 6.07) is 12.0. The van der Waals surface area contributed by atoms with Crippen LogP contribution in [0.25, 0.3) is 0 Å². The average molecular weight is 334 g/mol. The maximum absolute atomic E-state index is 12.3. The van der Waals surface area contributed by atoms with E-state index in [4.69, 9.17) is 15.2 Å². The summed E-state index contributed by atoms with van der Waals surface area (Å²) in [6.45, 7) is 1.20. The lowest BCUT2D eigenvalue weighted by molar-refractivity contribution is 0.171. The Morgan fingerprint density at radius 2 is 1.70 bits per heavy atom. The van der Waals surface area contributed by atoms with Crippen LogP contribution in [0.3, 0.4) is 0 Å². The summed E-state index contributed by atoms with van der Waals surface area (Å²) in [4.78, 5) is 0.166. The molecule has 23 heavy (non-hydrogen) atoms. The van der Waals surface area contributed by atoms with E-state index >= 15 is 0 Å². The maximum Gasteiger partial charge on any atom is 0.240 e. The number of nitrogen functional groups attached to an aromatic ring is 1. The smallest absolute Gasteiger partial charge is 0.240 e. The number of anilines is 1. The predicted octanol–water partition coefficient (Wildman–Crippen LogP) is 1.56. The van der Waals surface area contributed by atoms with Gasteiger partial charge in [-0.15, -0.1) is 0 Å². The fourth-order valence-corrected chi connectivity index (χ4v) is 3.34. The number of hydrogen-bond acceptors (Lipinski definition) is 5. The third-order valence-corrected chi connectivity index (χ3v) is 4.97. The first kappa shape index (κ1) is 15.6. The van der Waals surface area contributed by atoms with Gasteiger partial charge in [-0.1, -0.05) is 12.1 Å². The van der Waals surface area contributed by atoms with Gasteiger partial charge in [-0.2, -0.15) is 0 Å². The van der Waals surface area contributed by atoms with Crippen molar-refractivity contribution in [2.24, 2.45) is 0 Å². The second kappa shape index (κ2) is 6.47. The van der Waals surface area contributed by atoms with Gasteiger partial charge >= 0.3 is 0 Å². The van der Waals surface area contributed by atoms with E-state index in [9.17, 15) is 8.42 Å². The van der Waals surface area contributed by atoms with Crippen molar-refractivity contribution in [2.45, 2.75) is 11.3 Å². The highest BCUT2D eigenvalue weighted by Crippen LogP contribution is 2.32. The molecule has 0 aromatic heterocycles. The Morgan fingerprint density at radius 1 is 1.00 bits per heavy atom. The Bertz CT molecular complexity index is 788. The second-order valence-electron chi connectivity index (χ2n) is 5.19. The lowest BCUT2D eigenvalue weighted by Crippen LogP contribution is -2.26. The molecular weight excluding hydrogens is 316 g/mol. The molecule has 0 spiro atoms. The highest BCUT2D eigenvalue weighted by Gasteiger charge is 2.18. The summed E-state index contributed by atoms with van der Waals surface area (Å²) in [5, 5.41) is 0. The number of fused-ring (bicyclic) bond motifs is 1. The van der Waals surface area contributed by atoms with Gasteiger partial charge in [0.25, 0.3) is 0 Å². The Labute approximate surface area is 135 Å². The molecule has 6 nitrogen and oxygen atoms in total. The van der Waals surface area contributed by atoms with Gasteiger partial charge in [0.1, 0.15) is 13.2 Å². The molecule has 0 amide bonds. The minimum absolute atomic E-state index is 0.166. The van der Waals surface area contributed by atoms with Crippen molar-refractivity contribution >= 4 is 15.7 Å². The van der Waals surface area contributed by atoms with Crippen LogP contribution in [0.15, 0.2) is 47.4 Å². The highest BCUT2D eigenvalue weighted by molar-refractivity contribution is 7.89. The van der Waals surface area contributed by atoms with E-state index in [1.54, 1.807) is 18.2 Å². The lowest BCUT2D eigenvalue weighted by Gasteiger charge is -2.18. The minimum atomic E-state index is -3.58. The van der Waals surface area contributed by atoms with Crippen molar-refractivity contribution in [3.8, 4) is 11.5 Å². The Morgan fingerprint density at radius 3 is 2.43 bits per heavy atom. The van der Waals surface area contributed by atoms with Crippen LogP contribution in [0.1, 0.15) is 5.56 Å². The van der Waals surface area contributed by atoms with Gasteiger partial charge in [0.05, 0.1) is 4.90 Å². The zero-order valence-electron chi connectivity index (χ0n) is 12.5. The topological polar surface area (TPSA) is 90.7 Å². The van der Waals surface area contributed by atoms with E-state index in [2.05, 4.69) is 4.72 Å². The summed E-state index contributed by atoms with van der Waals surface area (Å²) in [5.41, 5.74) is 7.33. The summed E-state index contributed by atoms with van der Waals surface area (Å²) >= 11 is 0. The molecule has 0 unspecified atom stereocenters. The normalized spacial score (nSPS) is 13.7. The fraction of sp³-hybridized carbons (Fsp3) is 0.250. The summed E-state index contributed by atoms with van der Waals surface area (Å²) in [5.74, 6) is 1.02. The maximum atomic E-state index is 12.3. The second-order valence-corrected chi connectivity index (χ2v) is 6.96. The zero-order chi connectivity index (χ0) is 16.3. The minimum Gasteiger partial charge on any atom is -0.486 e. The zero-order valence-corrected chi connectivity index (χ0v) is 13.3. The molecule has 0 aliphatic carbocycles. The lowest BCUT2D eigenvalue weighted by atomic mass is 10.1. The molecule has 1 heterocycles. The summed E-state index contributed by atoms with van der Waals surface area (Å²) in [7, 11) is -3.58. The number of ether oxygens (including phenoxy) is 2. The first-order valence-electron chi connectivity index (χ1n) is 7.28. The molecule has 2 aromatic carbocycles. The van der Waals surface area contributed by atoms with Gasteiger partial charge in [-0.25, -0.2) is 13.1 Å². The first-order chi connectivity index (χ1) is 11.0. The molecule has 1 aliphatic heterocycles. The molecule has 0 atom stereocenters.